The first-order chi connectivity index (χ1) is 13.2. The summed E-state index contributed by atoms with van der Waals surface area (Å²) in [6.07, 6.45) is 2.91. The minimum Gasteiger partial charge on any atom is -0.351 e. The van der Waals surface area contributed by atoms with Crippen LogP contribution in [0.2, 0.25) is 0 Å². The van der Waals surface area contributed by atoms with E-state index in [1.54, 1.807) is 6.07 Å². The number of rotatable bonds is 6. The largest absolute Gasteiger partial charge is 0.351 e. The number of thiophene rings is 1. The quantitative estimate of drug-likeness (QED) is 0.650. The Morgan fingerprint density at radius 3 is 2.43 bits per heavy atom. The first-order valence-electron chi connectivity index (χ1n) is 8.53. The highest BCUT2D eigenvalue weighted by atomic mass is 32.2. The standard InChI is InChI=1S/C15H21N5O5S3/c1-12(21)17-9-13-3-4-15(26-13)28(24,25)20-6-2-5-19(7-8-20)27(22,23)14-10-16-11-18-14/h3-4,10-11H,2,5-9H2,1H3,(H,16,18)(H,17,21). The first-order valence-corrected chi connectivity index (χ1v) is 12.2. The highest BCUT2D eigenvalue weighted by molar-refractivity contribution is 7.91. The van der Waals surface area contributed by atoms with Crippen LogP contribution in [0.3, 0.4) is 0 Å². The van der Waals surface area contributed by atoms with Crippen molar-refractivity contribution in [3.05, 3.63) is 29.5 Å². The zero-order chi connectivity index (χ0) is 20.4. The van der Waals surface area contributed by atoms with Gasteiger partial charge in [-0.25, -0.2) is 21.8 Å². The Morgan fingerprint density at radius 1 is 1.14 bits per heavy atom. The summed E-state index contributed by atoms with van der Waals surface area (Å²) in [7, 11) is -7.46. The average molecular weight is 448 g/mol. The fourth-order valence-corrected chi connectivity index (χ4v) is 7.09. The van der Waals surface area contributed by atoms with E-state index in [1.807, 2.05) is 0 Å². The van der Waals surface area contributed by atoms with Gasteiger partial charge in [0.1, 0.15) is 4.21 Å². The molecule has 154 valence electrons. The van der Waals surface area contributed by atoms with Crippen molar-refractivity contribution < 1.29 is 21.6 Å². The molecule has 2 N–H and O–H groups in total. The highest BCUT2D eigenvalue weighted by Gasteiger charge is 2.32. The van der Waals surface area contributed by atoms with Crippen molar-refractivity contribution >= 4 is 37.3 Å². The molecule has 1 aliphatic rings. The summed E-state index contributed by atoms with van der Waals surface area (Å²) in [4.78, 5) is 18.1. The third-order valence-corrected chi connectivity index (χ3v) is 9.52. The van der Waals surface area contributed by atoms with Crippen LogP contribution < -0.4 is 5.32 Å². The number of carbonyl (C=O) groups excluding carboxylic acids is 1. The van der Waals surface area contributed by atoms with Gasteiger partial charge < -0.3 is 10.3 Å². The predicted octanol–water partition coefficient (Wildman–Crippen LogP) is 0.193. The van der Waals surface area contributed by atoms with E-state index in [2.05, 4.69) is 15.3 Å². The van der Waals surface area contributed by atoms with Gasteiger partial charge in [0.25, 0.3) is 20.0 Å². The van der Waals surface area contributed by atoms with Crippen LogP contribution in [0.4, 0.5) is 0 Å². The van der Waals surface area contributed by atoms with Crippen molar-refractivity contribution in [1.82, 2.24) is 23.9 Å². The van der Waals surface area contributed by atoms with Crippen LogP contribution in [0.25, 0.3) is 0 Å². The van der Waals surface area contributed by atoms with Gasteiger partial charge in [-0.1, -0.05) is 0 Å². The molecule has 2 aromatic heterocycles. The molecule has 0 bridgehead atoms. The molecule has 13 heteroatoms. The monoisotopic (exact) mass is 447 g/mol. The second-order valence-electron chi connectivity index (χ2n) is 6.21. The summed E-state index contributed by atoms with van der Waals surface area (Å²) in [6, 6.07) is 3.18. The maximum absolute atomic E-state index is 12.9. The maximum Gasteiger partial charge on any atom is 0.260 e. The molecule has 0 spiro atoms. The molecule has 1 amide bonds. The third-order valence-electron chi connectivity index (χ3n) is 4.25. The molecule has 3 rings (SSSR count). The van der Waals surface area contributed by atoms with Gasteiger partial charge in [-0.2, -0.15) is 8.61 Å². The fraction of sp³-hybridized carbons (Fsp3) is 0.467. The normalized spacial score (nSPS) is 17.3. The van der Waals surface area contributed by atoms with Gasteiger partial charge >= 0.3 is 0 Å². The number of H-pyrrole nitrogens is 1. The van der Waals surface area contributed by atoms with Gasteiger partial charge in [-0.3, -0.25) is 4.79 Å². The Hall–Kier alpha value is -1.80. The summed E-state index contributed by atoms with van der Waals surface area (Å²) >= 11 is 1.10. The Morgan fingerprint density at radius 2 is 1.82 bits per heavy atom. The number of aromatic nitrogens is 2. The summed E-state index contributed by atoms with van der Waals surface area (Å²) in [5.74, 6) is -0.191. The number of carbonyl (C=O) groups is 1. The number of hydrogen-bond donors (Lipinski definition) is 2. The third kappa shape index (κ3) is 4.43. The minimum atomic E-state index is -3.73. The van der Waals surface area contributed by atoms with Crippen molar-refractivity contribution in [2.24, 2.45) is 0 Å². The molecule has 0 atom stereocenters. The summed E-state index contributed by atoms with van der Waals surface area (Å²) < 4.78 is 53.9. The Labute approximate surface area is 167 Å². The van der Waals surface area contributed by atoms with Gasteiger partial charge in [0.05, 0.1) is 19.1 Å². The molecule has 2 aromatic rings. The van der Waals surface area contributed by atoms with Crippen molar-refractivity contribution in [2.45, 2.75) is 29.1 Å². The molecule has 0 aromatic carbocycles. The molecule has 1 fully saturated rings. The lowest BCUT2D eigenvalue weighted by Crippen LogP contribution is -2.37. The molecule has 10 nitrogen and oxygen atoms in total. The molecule has 1 saturated heterocycles. The lowest BCUT2D eigenvalue weighted by atomic mass is 10.4. The van der Waals surface area contributed by atoms with E-state index in [0.29, 0.717) is 6.42 Å². The molecule has 28 heavy (non-hydrogen) atoms. The highest BCUT2D eigenvalue weighted by Crippen LogP contribution is 2.26. The lowest BCUT2D eigenvalue weighted by Gasteiger charge is -2.20. The number of nitrogens with zero attached hydrogens (tertiary/aromatic N) is 3. The Kier molecular flexibility index (Phi) is 6.19. The Bertz CT molecular complexity index is 1030. The number of amides is 1. The van der Waals surface area contributed by atoms with Gasteiger partial charge in [0.2, 0.25) is 5.91 Å². The van der Waals surface area contributed by atoms with Crippen molar-refractivity contribution in [3.63, 3.8) is 0 Å². The number of nitrogens with one attached hydrogen (secondary N) is 2. The molecular formula is C15H21N5O5S3. The first kappa shape index (κ1) is 20.9. The molecule has 1 aliphatic heterocycles. The van der Waals surface area contributed by atoms with Gasteiger partial charge in [0, 0.05) is 38.0 Å². The van der Waals surface area contributed by atoms with Crippen LogP contribution in [-0.2, 0) is 31.4 Å². The van der Waals surface area contributed by atoms with E-state index in [-0.39, 0.29) is 47.9 Å². The van der Waals surface area contributed by atoms with Gasteiger partial charge in [0.15, 0.2) is 5.03 Å². The zero-order valence-electron chi connectivity index (χ0n) is 15.2. The number of sulfonamides is 2. The van der Waals surface area contributed by atoms with Crippen LogP contribution in [0.15, 0.2) is 33.9 Å². The van der Waals surface area contributed by atoms with E-state index in [1.165, 1.54) is 34.1 Å². The fourth-order valence-electron chi connectivity index (χ4n) is 2.80. The van der Waals surface area contributed by atoms with Crippen molar-refractivity contribution in [1.29, 1.82) is 0 Å². The Balaban J connectivity index is 1.72. The number of hydrogen-bond acceptors (Lipinski definition) is 7. The minimum absolute atomic E-state index is 0.00956. The molecule has 0 saturated carbocycles. The molecule has 0 radical (unpaired) electrons. The predicted molar refractivity (Wildman–Crippen MR) is 103 cm³/mol. The van der Waals surface area contributed by atoms with E-state index >= 15 is 0 Å². The number of aromatic amines is 1. The number of imidazole rings is 1. The van der Waals surface area contributed by atoms with Crippen LogP contribution in [-0.4, -0.2) is 67.5 Å². The van der Waals surface area contributed by atoms with Crippen LogP contribution >= 0.6 is 11.3 Å². The molecular weight excluding hydrogens is 426 g/mol. The molecule has 3 heterocycles. The van der Waals surface area contributed by atoms with Crippen LogP contribution in [0.5, 0.6) is 0 Å². The smallest absolute Gasteiger partial charge is 0.260 e. The van der Waals surface area contributed by atoms with Crippen LogP contribution in [0.1, 0.15) is 18.2 Å². The lowest BCUT2D eigenvalue weighted by molar-refractivity contribution is -0.119. The SMILES string of the molecule is CC(=O)NCc1ccc(S(=O)(=O)N2CCCN(S(=O)(=O)c3cnc[nH]3)CC2)s1. The summed E-state index contributed by atoms with van der Waals surface area (Å²) in [6.45, 7) is 2.25. The average Bonchev–Trinajstić information content (AvgIpc) is 3.27. The summed E-state index contributed by atoms with van der Waals surface area (Å²) in [5.41, 5.74) is 0. The maximum atomic E-state index is 12.9. The van der Waals surface area contributed by atoms with E-state index in [0.717, 1.165) is 16.2 Å². The van der Waals surface area contributed by atoms with Gasteiger partial charge in [-0.05, 0) is 18.6 Å². The van der Waals surface area contributed by atoms with E-state index in [4.69, 9.17) is 0 Å². The van der Waals surface area contributed by atoms with Crippen molar-refractivity contribution in [3.8, 4) is 0 Å². The van der Waals surface area contributed by atoms with E-state index < -0.39 is 20.0 Å². The second kappa shape index (κ2) is 8.29. The molecule has 0 aliphatic carbocycles. The summed E-state index contributed by atoms with van der Waals surface area (Å²) in [5, 5.41) is 2.62. The van der Waals surface area contributed by atoms with Crippen molar-refractivity contribution in [2.75, 3.05) is 26.2 Å². The topological polar surface area (TPSA) is 133 Å². The second-order valence-corrected chi connectivity index (χ2v) is 11.4. The zero-order valence-corrected chi connectivity index (χ0v) is 17.6. The molecule has 0 unspecified atom stereocenters. The van der Waals surface area contributed by atoms with Gasteiger partial charge in [-0.15, -0.1) is 11.3 Å². The van der Waals surface area contributed by atoms with E-state index in [9.17, 15) is 21.6 Å². The van der Waals surface area contributed by atoms with Crippen LogP contribution in [0, 0.1) is 0 Å².